The summed E-state index contributed by atoms with van der Waals surface area (Å²) in [6.45, 7) is 3.00. The number of benzene rings is 2. The van der Waals surface area contributed by atoms with Crippen LogP contribution in [0.2, 0.25) is 5.02 Å². The maximum Gasteiger partial charge on any atom is 0.253 e. The molecule has 0 unspecified atom stereocenters. The highest BCUT2D eigenvalue weighted by atomic mass is 35.5. The molecule has 0 aromatic heterocycles. The van der Waals surface area contributed by atoms with Gasteiger partial charge in [0.05, 0.1) is 11.6 Å². The van der Waals surface area contributed by atoms with Gasteiger partial charge in [0.1, 0.15) is 12.4 Å². The van der Waals surface area contributed by atoms with Gasteiger partial charge >= 0.3 is 0 Å². The first-order valence-corrected chi connectivity index (χ1v) is 7.96. The van der Waals surface area contributed by atoms with Crippen molar-refractivity contribution in [3.8, 4) is 17.2 Å². The van der Waals surface area contributed by atoms with E-state index in [4.69, 9.17) is 25.8 Å². The molecular formula is C18H18ClNO4. The zero-order chi connectivity index (χ0) is 17.1. The summed E-state index contributed by atoms with van der Waals surface area (Å²) in [5.74, 6) is 1.61. The minimum Gasteiger partial charge on any atom is -0.492 e. The number of ether oxygens (including phenoxy) is 3. The lowest BCUT2D eigenvalue weighted by molar-refractivity contribution is 0.0773. The first-order chi connectivity index (χ1) is 11.5. The van der Waals surface area contributed by atoms with Gasteiger partial charge in [-0.3, -0.25) is 4.79 Å². The summed E-state index contributed by atoms with van der Waals surface area (Å²) in [5.41, 5.74) is 1.64. The van der Waals surface area contributed by atoms with Crippen molar-refractivity contribution in [3.63, 3.8) is 0 Å². The molecule has 0 saturated carbocycles. The minimum atomic E-state index is -0.150. The number of carbonyl (C=O) groups excluding carboxylic acids is 1. The third-order valence-electron chi connectivity index (χ3n) is 3.74. The number of halogens is 1. The number of carbonyl (C=O) groups is 1. The Hall–Kier alpha value is -2.40. The molecule has 3 rings (SSSR count). The molecule has 0 N–H and O–H groups in total. The van der Waals surface area contributed by atoms with E-state index in [1.54, 1.807) is 24.1 Å². The Morgan fingerprint density at radius 1 is 1.25 bits per heavy atom. The van der Waals surface area contributed by atoms with E-state index in [1.807, 2.05) is 31.2 Å². The highest BCUT2D eigenvalue weighted by Gasteiger charge is 2.22. The van der Waals surface area contributed by atoms with E-state index in [1.165, 1.54) is 5.56 Å². The Balaban J connectivity index is 1.59. The predicted molar refractivity (Wildman–Crippen MR) is 91.2 cm³/mol. The summed E-state index contributed by atoms with van der Waals surface area (Å²) in [7, 11) is 1.72. The van der Waals surface area contributed by atoms with E-state index >= 15 is 0 Å². The largest absolute Gasteiger partial charge is 0.492 e. The van der Waals surface area contributed by atoms with Gasteiger partial charge in [-0.2, -0.15) is 0 Å². The smallest absolute Gasteiger partial charge is 0.253 e. The van der Waals surface area contributed by atoms with Crippen LogP contribution in [-0.4, -0.2) is 37.8 Å². The molecule has 0 radical (unpaired) electrons. The van der Waals surface area contributed by atoms with Gasteiger partial charge in [-0.15, -0.1) is 0 Å². The third-order valence-corrected chi connectivity index (χ3v) is 4.02. The molecule has 1 aliphatic heterocycles. The lowest BCUT2D eigenvalue weighted by atomic mass is 10.1. The fraction of sp³-hybridized carbons (Fsp3) is 0.278. The van der Waals surface area contributed by atoms with Crippen molar-refractivity contribution in [2.75, 3.05) is 27.0 Å². The molecule has 0 fully saturated rings. The van der Waals surface area contributed by atoms with Gasteiger partial charge in [0.15, 0.2) is 11.5 Å². The second kappa shape index (κ2) is 7.01. The van der Waals surface area contributed by atoms with Gasteiger partial charge < -0.3 is 19.1 Å². The van der Waals surface area contributed by atoms with Crippen molar-refractivity contribution in [1.82, 2.24) is 4.90 Å². The van der Waals surface area contributed by atoms with Crippen LogP contribution in [-0.2, 0) is 0 Å². The number of likely N-dealkylation sites (N-methyl/N-ethyl adjacent to an activating group) is 1. The van der Waals surface area contributed by atoms with E-state index in [2.05, 4.69) is 0 Å². The van der Waals surface area contributed by atoms with Crippen molar-refractivity contribution >= 4 is 17.5 Å². The van der Waals surface area contributed by atoms with Gasteiger partial charge in [-0.25, -0.2) is 0 Å². The van der Waals surface area contributed by atoms with Crippen LogP contribution in [0.3, 0.4) is 0 Å². The van der Waals surface area contributed by atoms with E-state index in [0.29, 0.717) is 35.2 Å². The van der Waals surface area contributed by atoms with Gasteiger partial charge in [-0.1, -0.05) is 29.3 Å². The van der Waals surface area contributed by atoms with E-state index in [-0.39, 0.29) is 12.7 Å². The first-order valence-electron chi connectivity index (χ1n) is 7.58. The molecular weight excluding hydrogens is 330 g/mol. The second-order valence-corrected chi connectivity index (χ2v) is 5.99. The Morgan fingerprint density at radius 2 is 2.00 bits per heavy atom. The summed E-state index contributed by atoms with van der Waals surface area (Å²) in [4.78, 5) is 14.1. The van der Waals surface area contributed by atoms with Crippen LogP contribution in [0.4, 0.5) is 0 Å². The number of amides is 1. The highest BCUT2D eigenvalue weighted by molar-refractivity contribution is 6.32. The molecule has 1 heterocycles. The fourth-order valence-corrected chi connectivity index (χ4v) is 2.61. The second-order valence-electron chi connectivity index (χ2n) is 5.58. The maximum absolute atomic E-state index is 12.5. The Bertz CT molecular complexity index is 745. The van der Waals surface area contributed by atoms with Crippen LogP contribution >= 0.6 is 11.6 Å². The number of fused-ring (bicyclic) bond motifs is 1. The van der Waals surface area contributed by atoms with Crippen LogP contribution in [0.5, 0.6) is 17.2 Å². The summed E-state index contributed by atoms with van der Waals surface area (Å²) >= 11 is 6.12. The number of hydrogen-bond acceptors (Lipinski definition) is 4. The molecule has 0 saturated heterocycles. The molecule has 126 valence electrons. The Kier molecular flexibility index (Phi) is 4.81. The molecule has 24 heavy (non-hydrogen) atoms. The summed E-state index contributed by atoms with van der Waals surface area (Å²) in [6, 6.07) is 11.0. The predicted octanol–water partition coefficient (Wildman–Crippen LogP) is 3.53. The number of hydrogen-bond donors (Lipinski definition) is 0. The van der Waals surface area contributed by atoms with E-state index in [9.17, 15) is 4.79 Å². The molecule has 0 bridgehead atoms. The number of nitrogens with zero attached hydrogens (tertiary/aromatic N) is 1. The van der Waals surface area contributed by atoms with Crippen LogP contribution < -0.4 is 14.2 Å². The zero-order valence-electron chi connectivity index (χ0n) is 13.5. The van der Waals surface area contributed by atoms with Crippen molar-refractivity contribution in [3.05, 3.63) is 52.5 Å². The molecule has 0 atom stereocenters. The fourth-order valence-electron chi connectivity index (χ4n) is 2.35. The molecule has 5 nitrogen and oxygen atoms in total. The highest BCUT2D eigenvalue weighted by Crippen LogP contribution is 2.39. The molecule has 1 aliphatic rings. The lowest BCUT2D eigenvalue weighted by Gasteiger charge is -2.18. The standard InChI is InChI=1S/C18H18ClNO4/c1-12-3-5-14(6-4-12)22-8-7-20(2)18(21)13-9-15(19)17-16(10-13)23-11-24-17/h3-6,9-10H,7-8,11H2,1-2H3. The molecule has 2 aromatic carbocycles. The summed E-state index contributed by atoms with van der Waals surface area (Å²) in [5, 5.41) is 0.373. The maximum atomic E-state index is 12.5. The number of rotatable bonds is 5. The number of aryl methyl sites for hydroxylation is 1. The zero-order valence-corrected chi connectivity index (χ0v) is 14.3. The summed E-state index contributed by atoms with van der Waals surface area (Å²) < 4.78 is 16.2. The van der Waals surface area contributed by atoms with Crippen molar-refractivity contribution in [2.45, 2.75) is 6.92 Å². The van der Waals surface area contributed by atoms with Crippen LogP contribution in [0.1, 0.15) is 15.9 Å². The molecule has 6 heteroatoms. The van der Waals surface area contributed by atoms with Gasteiger partial charge in [0.25, 0.3) is 5.91 Å². The Morgan fingerprint density at radius 3 is 2.75 bits per heavy atom. The van der Waals surface area contributed by atoms with Gasteiger partial charge in [0, 0.05) is 12.6 Å². The quantitative estimate of drug-likeness (QED) is 0.830. The van der Waals surface area contributed by atoms with Gasteiger partial charge in [-0.05, 0) is 31.2 Å². The van der Waals surface area contributed by atoms with Crippen LogP contribution in [0, 0.1) is 6.92 Å². The van der Waals surface area contributed by atoms with E-state index < -0.39 is 0 Å². The van der Waals surface area contributed by atoms with Gasteiger partial charge in [0.2, 0.25) is 6.79 Å². The average molecular weight is 348 g/mol. The Labute approximate surface area is 145 Å². The van der Waals surface area contributed by atoms with E-state index in [0.717, 1.165) is 5.75 Å². The minimum absolute atomic E-state index is 0.118. The molecule has 0 spiro atoms. The third kappa shape index (κ3) is 3.57. The normalized spacial score (nSPS) is 12.1. The van der Waals surface area contributed by atoms with Crippen LogP contribution in [0.25, 0.3) is 0 Å². The molecule has 2 aromatic rings. The summed E-state index contributed by atoms with van der Waals surface area (Å²) in [6.07, 6.45) is 0. The SMILES string of the molecule is Cc1ccc(OCCN(C)C(=O)c2cc(Cl)c3c(c2)OCO3)cc1. The van der Waals surface area contributed by atoms with Crippen molar-refractivity contribution in [2.24, 2.45) is 0 Å². The van der Waals surface area contributed by atoms with Crippen molar-refractivity contribution < 1.29 is 19.0 Å². The topological polar surface area (TPSA) is 48.0 Å². The monoisotopic (exact) mass is 347 g/mol. The first kappa shape index (κ1) is 16.5. The lowest BCUT2D eigenvalue weighted by Crippen LogP contribution is -2.30. The average Bonchev–Trinajstić information content (AvgIpc) is 3.05. The molecule has 1 amide bonds. The van der Waals surface area contributed by atoms with Crippen LogP contribution in [0.15, 0.2) is 36.4 Å². The molecule has 0 aliphatic carbocycles. The van der Waals surface area contributed by atoms with Crippen molar-refractivity contribution in [1.29, 1.82) is 0 Å².